The average Bonchev–Trinajstić information content (AvgIpc) is 3.44. The number of aryl methyl sites for hydroxylation is 3. The molecule has 0 bridgehead atoms. The number of thiazole rings is 1. The Kier molecular flexibility index (Phi) is 6.77. The van der Waals surface area contributed by atoms with Crippen LogP contribution in [0.3, 0.4) is 0 Å². The van der Waals surface area contributed by atoms with Crippen LogP contribution >= 0.6 is 22.9 Å². The predicted molar refractivity (Wildman–Crippen MR) is 130 cm³/mol. The largest absolute Gasteiger partial charge is 0.494 e. The molecule has 1 amide bonds. The highest BCUT2D eigenvalue weighted by Gasteiger charge is 2.22. The number of fused-ring (bicyclic) bond motifs is 1. The van der Waals surface area contributed by atoms with Crippen LogP contribution in [0.4, 0.5) is 5.13 Å². The van der Waals surface area contributed by atoms with Crippen LogP contribution in [-0.2, 0) is 17.8 Å². The molecule has 4 rings (SSSR count). The number of nitrogens with zero attached hydrogens (tertiary/aromatic N) is 4. The summed E-state index contributed by atoms with van der Waals surface area (Å²) in [6, 6.07) is 9.78. The summed E-state index contributed by atoms with van der Waals surface area (Å²) in [6.07, 6.45) is 6.55. The van der Waals surface area contributed by atoms with Gasteiger partial charge in [0.1, 0.15) is 11.3 Å². The normalized spacial score (nSPS) is 11.1. The SMILES string of the molecule is COc1ccc(Cl)c2sc(N(CCCn3ccnc3)C(=O)Cc3ccc(C)cc3C)nc12. The summed E-state index contributed by atoms with van der Waals surface area (Å²) in [5, 5.41) is 1.23. The number of amides is 1. The number of methoxy groups -OCH3 is 1. The first-order valence-electron chi connectivity index (χ1n) is 10.4. The van der Waals surface area contributed by atoms with Gasteiger partial charge in [0.25, 0.3) is 0 Å². The molecule has 0 atom stereocenters. The van der Waals surface area contributed by atoms with Gasteiger partial charge in [0.15, 0.2) is 5.13 Å². The molecule has 8 heteroatoms. The maximum atomic E-state index is 13.5. The van der Waals surface area contributed by atoms with Crippen LogP contribution in [0, 0.1) is 13.8 Å². The molecule has 0 aliphatic carbocycles. The molecule has 0 N–H and O–H groups in total. The molecule has 2 aromatic carbocycles. The number of carbonyl (C=O) groups is 1. The van der Waals surface area contributed by atoms with Gasteiger partial charge in [0.05, 0.1) is 29.6 Å². The van der Waals surface area contributed by atoms with Crippen LogP contribution in [-0.4, -0.2) is 34.1 Å². The molecule has 0 aliphatic rings. The highest BCUT2D eigenvalue weighted by atomic mass is 35.5. The zero-order valence-corrected chi connectivity index (χ0v) is 19.9. The topological polar surface area (TPSA) is 60.2 Å². The Hall–Kier alpha value is -2.90. The van der Waals surface area contributed by atoms with Gasteiger partial charge in [-0.05, 0) is 43.5 Å². The van der Waals surface area contributed by atoms with Gasteiger partial charge in [0.2, 0.25) is 5.91 Å². The maximum absolute atomic E-state index is 13.5. The number of anilines is 1. The van der Waals surface area contributed by atoms with E-state index in [9.17, 15) is 4.79 Å². The first-order valence-corrected chi connectivity index (χ1v) is 11.6. The Morgan fingerprint density at radius 2 is 2.09 bits per heavy atom. The third-order valence-corrected chi connectivity index (χ3v) is 6.93. The van der Waals surface area contributed by atoms with Gasteiger partial charge < -0.3 is 9.30 Å². The number of hydrogen-bond donors (Lipinski definition) is 0. The minimum Gasteiger partial charge on any atom is -0.494 e. The summed E-state index contributed by atoms with van der Waals surface area (Å²) in [7, 11) is 1.61. The van der Waals surface area contributed by atoms with Crippen molar-refractivity contribution < 1.29 is 9.53 Å². The van der Waals surface area contributed by atoms with Crippen molar-refractivity contribution in [2.45, 2.75) is 33.2 Å². The molecule has 0 unspecified atom stereocenters. The molecule has 2 aromatic heterocycles. The fraction of sp³-hybridized carbons (Fsp3) is 0.292. The molecule has 0 saturated carbocycles. The number of imidazole rings is 1. The van der Waals surface area contributed by atoms with E-state index >= 15 is 0 Å². The molecular weight excluding hydrogens is 444 g/mol. The third kappa shape index (κ3) is 4.79. The van der Waals surface area contributed by atoms with E-state index in [-0.39, 0.29) is 5.91 Å². The summed E-state index contributed by atoms with van der Waals surface area (Å²) >= 11 is 7.84. The molecule has 4 aromatic rings. The van der Waals surface area contributed by atoms with Gasteiger partial charge in [-0.2, -0.15) is 0 Å². The highest BCUT2D eigenvalue weighted by molar-refractivity contribution is 7.23. The second-order valence-corrected chi connectivity index (χ2v) is 9.11. The first-order chi connectivity index (χ1) is 15.5. The van der Waals surface area contributed by atoms with Crippen molar-refractivity contribution in [3.63, 3.8) is 0 Å². The molecule has 0 fully saturated rings. The quantitative estimate of drug-likeness (QED) is 0.345. The lowest BCUT2D eigenvalue weighted by Gasteiger charge is -2.20. The van der Waals surface area contributed by atoms with Crippen molar-refractivity contribution in [2.24, 2.45) is 0 Å². The van der Waals surface area contributed by atoms with Gasteiger partial charge in [-0.1, -0.05) is 46.7 Å². The van der Waals surface area contributed by atoms with Gasteiger partial charge >= 0.3 is 0 Å². The minimum atomic E-state index is 0.0109. The fourth-order valence-corrected chi connectivity index (χ4v) is 4.98. The number of ether oxygens (including phenoxy) is 1. The van der Waals surface area contributed by atoms with Crippen molar-refractivity contribution in [3.05, 3.63) is 70.8 Å². The van der Waals surface area contributed by atoms with Crippen LogP contribution in [0.15, 0.2) is 49.1 Å². The number of rotatable bonds is 8. The van der Waals surface area contributed by atoms with Crippen LogP contribution in [0.5, 0.6) is 5.75 Å². The van der Waals surface area contributed by atoms with Gasteiger partial charge in [-0.3, -0.25) is 9.69 Å². The smallest absolute Gasteiger partial charge is 0.233 e. The second kappa shape index (κ2) is 9.71. The number of benzene rings is 2. The van der Waals surface area contributed by atoms with Gasteiger partial charge in [-0.15, -0.1) is 0 Å². The lowest BCUT2D eigenvalue weighted by Crippen LogP contribution is -2.33. The van der Waals surface area contributed by atoms with Crippen molar-refractivity contribution in [1.29, 1.82) is 0 Å². The average molecular weight is 469 g/mol. The molecule has 2 heterocycles. The minimum absolute atomic E-state index is 0.0109. The predicted octanol–water partition coefficient (Wildman–Crippen LogP) is 5.44. The Morgan fingerprint density at radius 3 is 2.81 bits per heavy atom. The van der Waals surface area contributed by atoms with Crippen molar-refractivity contribution >= 4 is 44.2 Å². The fourth-order valence-electron chi connectivity index (χ4n) is 3.68. The Morgan fingerprint density at radius 1 is 1.25 bits per heavy atom. The second-order valence-electron chi connectivity index (χ2n) is 7.73. The van der Waals surface area contributed by atoms with Crippen LogP contribution in [0.1, 0.15) is 23.1 Å². The lowest BCUT2D eigenvalue weighted by molar-refractivity contribution is -0.118. The molecule has 32 heavy (non-hydrogen) atoms. The monoisotopic (exact) mass is 468 g/mol. The number of aromatic nitrogens is 3. The van der Waals surface area contributed by atoms with E-state index in [2.05, 4.69) is 18.0 Å². The molecule has 0 spiro atoms. The van der Waals surface area contributed by atoms with E-state index in [1.165, 1.54) is 16.9 Å². The van der Waals surface area contributed by atoms with Crippen LogP contribution < -0.4 is 9.64 Å². The molecule has 166 valence electrons. The zero-order valence-electron chi connectivity index (χ0n) is 18.3. The van der Waals surface area contributed by atoms with Crippen molar-refractivity contribution in [1.82, 2.24) is 14.5 Å². The van der Waals surface area contributed by atoms with Crippen molar-refractivity contribution in [3.8, 4) is 5.75 Å². The molecule has 0 saturated heterocycles. The van der Waals surface area contributed by atoms with E-state index in [0.29, 0.717) is 34.4 Å². The summed E-state index contributed by atoms with van der Waals surface area (Å²) < 4.78 is 8.28. The molecule has 0 radical (unpaired) electrons. The third-order valence-electron chi connectivity index (χ3n) is 5.40. The number of hydrogen-bond acceptors (Lipinski definition) is 5. The Balaban J connectivity index is 1.64. The molecule has 0 aliphatic heterocycles. The van der Waals surface area contributed by atoms with E-state index in [4.69, 9.17) is 21.3 Å². The number of halogens is 1. The van der Waals surface area contributed by atoms with Crippen molar-refractivity contribution in [2.75, 3.05) is 18.6 Å². The van der Waals surface area contributed by atoms with E-state index < -0.39 is 0 Å². The maximum Gasteiger partial charge on any atom is 0.233 e. The van der Waals surface area contributed by atoms with Crippen LogP contribution in [0.2, 0.25) is 5.02 Å². The lowest BCUT2D eigenvalue weighted by atomic mass is 10.0. The van der Waals surface area contributed by atoms with Gasteiger partial charge in [-0.25, -0.2) is 9.97 Å². The number of carbonyl (C=O) groups excluding carboxylic acids is 1. The summed E-state index contributed by atoms with van der Waals surface area (Å²) in [6.45, 7) is 5.41. The van der Waals surface area contributed by atoms with E-state index in [0.717, 1.165) is 28.8 Å². The Bertz CT molecular complexity index is 1240. The van der Waals surface area contributed by atoms with Gasteiger partial charge in [0, 0.05) is 25.5 Å². The molecule has 6 nitrogen and oxygen atoms in total. The standard InChI is InChI=1S/C24H25ClN4O2S/c1-16-5-6-18(17(2)13-16)14-21(30)29(11-4-10-28-12-9-26-15-28)24-27-22-20(31-3)8-7-19(25)23(22)32-24/h5-9,12-13,15H,4,10-11,14H2,1-3H3. The van der Waals surface area contributed by atoms with E-state index in [1.807, 2.05) is 29.8 Å². The highest BCUT2D eigenvalue weighted by Crippen LogP contribution is 2.39. The van der Waals surface area contributed by atoms with Crippen LogP contribution in [0.25, 0.3) is 10.2 Å². The summed E-state index contributed by atoms with van der Waals surface area (Å²) in [4.78, 5) is 24.1. The van der Waals surface area contributed by atoms with E-state index in [1.54, 1.807) is 36.7 Å². The zero-order chi connectivity index (χ0) is 22.7. The summed E-state index contributed by atoms with van der Waals surface area (Å²) in [5.74, 6) is 0.656. The Labute approximate surface area is 196 Å². The summed E-state index contributed by atoms with van der Waals surface area (Å²) in [5.41, 5.74) is 4.00. The first kappa shape index (κ1) is 22.3. The molecular formula is C24H25ClN4O2S.